The van der Waals surface area contributed by atoms with Gasteiger partial charge in [-0.05, 0) is 49.2 Å². The average molecular weight is 486 g/mol. The summed E-state index contributed by atoms with van der Waals surface area (Å²) in [6.07, 6.45) is 1.57. The molecule has 1 aliphatic carbocycles. The Morgan fingerprint density at radius 3 is 2.45 bits per heavy atom. The number of carbonyl (C=O) groups is 1. The first-order valence-corrected chi connectivity index (χ1v) is 11.7. The predicted molar refractivity (Wildman–Crippen MR) is 124 cm³/mol. The molecule has 0 unspecified atom stereocenters. The fourth-order valence-electron chi connectivity index (χ4n) is 4.54. The van der Waals surface area contributed by atoms with Gasteiger partial charge in [0.2, 0.25) is 12.7 Å². The maximum absolute atomic E-state index is 13.5. The van der Waals surface area contributed by atoms with Crippen molar-refractivity contribution < 1.29 is 18.8 Å². The van der Waals surface area contributed by atoms with Crippen molar-refractivity contribution in [1.29, 1.82) is 0 Å². The Bertz CT molecular complexity index is 1230. The molecule has 0 N–H and O–H groups in total. The molecular formula is C24H21Cl2N3O4. The Morgan fingerprint density at radius 1 is 0.909 bits per heavy atom. The van der Waals surface area contributed by atoms with E-state index < -0.39 is 5.41 Å². The lowest BCUT2D eigenvalue weighted by Gasteiger charge is -2.37. The van der Waals surface area contributed by atoms with E-state index in [0.29, 0.717) is 46.1 Å². The second-order valence-electron chi connectivity index (χ2n) is 8.60. The summed E-state index contributed by atoms with van der Waals surface area (Å²) in [6, 6.07) is 13.1. The van der Waals surface area contributed by atoms with Crippen molar-refractivity contribution in [3.05, 3.63) is 58.2 Å². The minimum Gasteiger partial charge on any atom is -0.454 e. The third kappa shape index (κ3) is 3.60. The molecule has 7 nitrogen and oxygen atoms in total. The highest BCUT2D eigenvalue weighted by Crippen LogP contribution is 2.50. The standard InChI is InChI=1S/C24H21Cl2N3O4/c25-17-3-2-16(12-18(17)26)28-7-9-29(10-8-28)23(30)24(5-6-24)22-13-20(33-27-22)15-1-4-19-21(11-15)32-14-31-19/h1-4,11-13H,5-10,14H2. The monoisotopic (exact) mass is 485 g/mol. The summed E-state index contributed by atoms with van der Waals surface area (Å²) in [5.74, 6) is 2.14. The molecule has 3 heterocycles. The van der Waals surface area contributed by atoms with Crippen LogP contribution in [0, 0.1) is 0 Å². The van der Waals surface area contributed by atoms with Crippen molar-refractivity contribution >= 4 is 34.8 Å². The second kappa shape index (κ2) is 7.85. The van der Waals surface area contributed by atoms with Gasteiger partial charge in [0.25, 0.3) is 0 Å². The molecule has 0 radical (unpaired) electrons. The van der Waals surface area contributed by atoms with Crippen LogP contribution in [0.15, 0.2) is 47.0 Å². The van der Waals surface area contributed by atoms with Crippen molar-refractivity contribution in [3.63, 3.8) is 0 Å². The Balaban J connectivity index is 1.15. The van der Waals surface area contributed by atoms with Crippen molar-refractivity contribution in [3.8, 4) is 22.8 Å². The lowest BCUT2D eigenvalue weighted by Crippen LogP contribution is -2.51. The number of piperazine rings is 1. The Hall–Kier alpha value is -2.90. The molecule has 2 fully saturated rings. The van der Waals surface area contributed by atoms with Gasteiger partial charge in [0, 0.05) is 43.5 Å². The topological polar surface area (TPSA) is 68.0 Å². The lowest BCUT2D eigenvalue weighted by atomic mass is 9.99. The highest BCUT2D eigenvalue weighted by molar-refractivity contribution is 6.42. The van der Waals surface area contributed by atoms with E-state index in [1.807, 2.05) is 41.3 Å². The first-order chi connectivity index (χ1) is 16.0. The highest BCUT2D eigenvalue weighted by atomic mass is 35.5. The lowest BCUT2D eigenvalue weighted by molar-refractivity contribution is -0.134. The molecule has 1 saturated heterocycles. The van der Waals surface area contributed by atoms with Crippen LogP contribution in [0.1, 0.15) is 18.5 Å². The van der Waals surface area contributed by atoms with Gasteiger partial charge in [0.1, 0.15) is 0 Å². The molecule has 33 heavy (non-hydrogen) atoms. The van der Waals surface area contributed by atoms with Gasteiger partial charge < -0.3 is 23.8 Å². The molecule has 2 aliphatic heterocycles. The summed E-state index contributed by atoms with van der Waals surface area (Å²) in [6.45, 7) is 2.99. The van der Waals surface area contributed by atoms with Crippen LogP contribution in [0.25, 0.3) is 11.3 Å². The Morgan fingerprint density at radius 2 is 1.70 bits per heavy atom. The van der Waals surface area contributed by atoms with Gasteiger partial charge in [-0.1, -0.05) is 28.4 Å². The Kier molecular flexibility index (Phi) is 4.92. The molecule has 9 heteroatoms. The zero-order valence-corrected chi connectivity index (χ0v) is 19.2. The average Bonchev–Trinajstić information content (AvgIpc) is 3.26. The van der Waals surface area contributed by atoms with Crippen LogP contribution in [0.5, 0.6) is 11.5 Å². The summed E-state index contributed by atoms with van der Waals surface area (Å²) in [7, 11) is 0. The molecule has 1 saturated carbocycles. The van der Waals surface area contributed by atoms with Crippen LogP contribution in [0.2, 0.25) is 10.0 Å². The maximum atomic E-state index is 13.5. The van der Waals surface area contributed by atoms with Crippen molar-refractivity contribution in [2.45, 2.75) is 18.3 Å². The number of rotatable bonds is 4. The van der Waals surface area contributed by atoms with E-state index in [1.54, 1.807) is 6.07 Å². The fraction of sp³-hybridized carbons (Fsp3) is 0.333. The number of amides is 1. The van der Waals surface area contributed by atoms with E-state index in [1.165, 1.54) is 0 Å². The van der Waals surface area contributed by atoms with Gasteiger partial charge in [-0.3, -0.25) is 4.79 Å². The largest absolute Gasteiger partial charge is 0.454 e. The molecule has 1 aromatic heterocycles. The van der Waals surface area contributed by atoms with Crippen LogP contribution in [-0.2, 0) is 10.2 Å². The van der Waals surface area contributed by atoms with Crippen LogP contribution in [0.4, 0.5) is 5.69 Å². The number of hydrogen-bond acceptors (Lipinski definition) is 6. The molecule has 3 aliphatic rings. The third-order valence-electron chi connectivity index (χ3n) is 6.65. The number of halogens is 2. The molecule has 0 bridgehead atoms. The normalized spacial score (nSPS) is 18.5. The minimum absolute atomic E-state index is 0.127. The van der Waals surface area contributed by atoms with E-state index in [0.717, 1.165) is 37.2 Å². The molecule has 3 aromatic rings. The first kappa shape index (κ1) is 20.7. The van der Waals surface area contributed by atoms with Crippen LogP contribution >= 0.6 is 23.2 Å². The minimum atomic E-state index is -0.580. The highest BCUT2D eigenvalue weighted by Gasteiger charge is 2.55. The molecule has 1 amide bonds. The van der Waals surface area contributed by atoms with E-state index in [2.05, 4.69) is 10.1 Å². The first-order valence-electron chi connectivity index (χ1n) is 10.9. The molecule has 6 rings (SSSR count). The third-order valence-corrected chi connectivity index (χ3v) is 7.39. The van der Waals surface area contributed by atoms with E-state index >= 15 is 0 Å². The zero-order chi connectivity index (χ0) is 22.6. The number of fused-ring (bicyclic) bond motifs is 1. The fourth-order valence-corrected chi connectivity index (χ4v) is 4.84. The second-order valence-corrected chi connectivity index (χ2v) is 9.42. The summed E-state index contributed by atoms with van der Waals surface area (Å²) in [5.41, 5.74) is 1.98. The van der Waals surface area contributed by atoms with Gasteiger partial charge in [-0.25, -0.2) is 0 Å². The molecule has 0 atom stereocenters. The van der Waals surface area contributed by atoms with Crippen LogP contribution in [0.3, 0.4) is 0 Å². The van der Waals surface area contributed by atoms with Crippen LogP contribution in [-0.4, -0.2) is 48.9 Å². The quantitative estimate of drug-likeness (QED) is 0.530. The molecule has 2 aromatic carbocycles. The number of nitrogens with zero attached hydrogens (tertiary/aromatic N) is 3. The maximum Gasteiger partial charge on any atom is 0.235 e. The molecule has 170 valence electrons. The van der Waals surface area contributed by atoms with Gasteiger partial charge in [-0.2, -0.15) is 0 Å². The SMILES string of the molecule is O=C(N1CCN(c2ccc(Cl)c(Cl)c2)CC1)C1(c2cc(-c3ccc4c(c3)OCO4)on2)CC1. The van der Waals surface area contributed by atoms with E-state index in [4.69, 9.17) is 37.2 Å². The van der Waals surface area contributed by atoms with Gasteiger partial charge in [0.15, 0.2) is 17.3 Å². The number of ether oxygens (including phenoxy) is 2. The number of benzene rings is 2. The summed E-state index contributed by atoms with van der Waals surface area (Å²) < 4.78 is 16.4. The summed E-state index contributed by atoms with van der Waals surface area (Å²) >= 11 is 12.2. The van der Waals surface area contributed by atoms with Gasteiger partial charge >= 0.3 is 0 Å². The van der Waals surface area contributed by atoms with E-state index in [-0.39, 0.29) is 12.7 Å². The summed E-state index contributed by atoms with van der Waals surface area (Å²) in [4.78, 5) is 17.6. The number of hydrogen-bond donors (Lipinski definition) is 0. The predicted octanol–water partition coefficient (Wildman–Crippen LogP) is 4.76. The van der Waals surface area contributed by atoms with Crippen molar-refractivity contribution in [2.75, 3.05) is 37.9 Å². The number of carbonyl (C=O) groups excluding carboxylic acids is 1. The zero-order valence-electron chi connectivity index (χ0n) is 17.7. The Labute approximate surface area is 200 Å². The van der Waals surface area contributed by atoms with E-state index in [9.17, 15) is 4.79 Å². The molecular weight excluding hydrogens is 465 g/mol. The summed E-state index contributed by atoms with van der Waals surface area (Å²) in [5, 5.41) is 5.36. The van der Waals surface area contributed by atoms with Gasteiger partial charge in [0.05, 0.1) is 21.2 Å². The van der Waals surface area contributed by atoms with Crippen molar-refractivity contribution in [1.82, 2.24) is 10.1 Å². The van der Waals surface area contributed by atoms with Crippen LogP contribution < -0.4 is 14.4 Å². The molecule has 0 spiro atoms. The number of anilines is 1. The van der Waals surface area contributed by atoms with Crippen molar-refractivity contribution in [2.24, 2.45) is 0 Å². The smallest absolute Gasteiger partial charge is 0.235 e. The van der Waals surface area contributed by atoms with Gasteiger partial charge in [-0.15, -0.1) is 0 Å². The number of aromatic nitrogens is 1.